The summed E-state index contributed by atoms with van der Waals surface area (Å²) < 4.78 is 0. The van der Waals surface area contributed by atoms with Gasteiger partial charge in [-0.2, -0.15) is 0 Å². The molecule has 3 N–H and O–H groups in total. The number of carbonyl (C=O) groups is 1. The number of amides is 1. The molecule has 3 rings (SSSR count). The first-order chi connectivity index (χ1) is 12.7. The van der Waals surface area contributed by atoms with E-state index in [1.54, 1.807) is 11.3 Å². The number of nitrogens with one attached hydrogen (secondary N) is 1. The Kier molecular flexibility index (Phi) is 6.21. The first-order valence-electron chi connectivity index (χ1n) is 8.98. The van der Waals surface area contributed by atoms with Crippen LogP contribution in [0.4, 0.5) is 5.69 Å². The highest BCUT2D eigenvalue weighted by atomic mass is 32.1. The lowest BCUT2D eigenvalue weighted by atomic mass is 10.0. The maximum Gasteiger partial charge on any atom is 0.279 e. The lowest BCUT2D eigenvalue weighted by Gasteiger charge is -2.15. The quantitative estimate of drug-likeness (QED) is 0.655. The van der Waals surface area contributed by atoms with Crippen LogP contribution < -0.4 is 10.6 Å². The Morgan fingerprint density at radius 3 is 2.42 bits per heavy atom. The molecule has 1 heterocycles. The smallest absolute Gasteiger partial charge is 0.279 e. The van der Waals surface area contributed by atoms with Gasteiger partial charge in [0.25, 0.3) is 5.91 Å². The molecule has 3 nitrogen and oxygen atoms in total. The van der Waals surface area contributed by atoms with Gasteiger partial charge >= 0.3 is 0 Å². The number of nitrogens with two attached hydrogens (primary N) is 1. The van der Waals surface area contributed by atoms with E-state index in [4.69, 9.17) is 0 Å². The minimum atomic E-state index is 0.0166. The van der Waals surface area contributed by atoms with Gasteiger partial charge in [0.15, 0.2) is 6.54 Å². The Hall–Kier alpha value is -2.43. The molecule has 0 aliphatic rings. The molecule has 1 aromatic heterocycles. The van der Waals surface area contributed by atoms with E-state index in [-0.39, 0.29) is 11.9 Å². The molecule has 0 unspecified atom stereocenters. The Balaban J connectivity index is 1.65. The van der Waals surface area contributed by atoms with Crippen molar-refractivity contribution in [2.75, 3.05) is 11.9 Å². The van der Waals surface area contributed by atoms with Crippen molar-refractivity contribution in [1.82, 2.24) is 0 Å². The van der Waals surface area contributed by atoms with Crippen molar-refractivity contribution >= 4 is 22.9 Å². The summed E-state index contributed by atoms with van der Waals surface area (Å²) in [5.74, 6) is 0.0166. The number of thiophene rings is 1. The topological polar surface area (TPSA) is 45.7 Å². The second-order valence-electron chi connectivity index (χ2n) is 6.44. The summed E-state index contributed by atoms with van der Waals surface area (Å²) in [5, 5.41) is 7.17. The van der Waals surface area contributed by atoms with Crippen LogP contribution in [0.3, 0.4) is 0 Å². The Labute approximate surface area is 159 Å². The fourth-order valence-corrected chi connectivity index (χ4v) is 3.77. The third kappa shape index (κ3) is 4.81. The molecule has 0 saturated carbocycles. The van der Waals surface area contributed by atoms with Crippen molar-refractivity contribution < 1.29 is 10.1 Å². The van der Waals surface area contributed by atoms with Crippen molar-refractivity contribution in [3.8, 4) is 0 Å². The van der Waals surface area contributed by atoms with Gasteiger partial charge in [-0.3, -0.25) is 4.79 Å². The zero-order valence-electron chi connectivity index (χ0n) is 15.2. The largest absolute Gasteiger partial charge is 0.328 e. The molecule has 3 aromatic rings. The Morgan fingerprint density at radius 2 is 1.81 bits per heavy atom. The molecule has 2 aromatic carbocycles. The van der Waals surface area contributed by atoms with Gasteiger partial charge < -0.3 is 10.6 Å². The summed E-state index contributed by atoms with van der Waals surface area (Å²) in [6.07, 6.45) is 1.00. The van der Waals surface area contributed by atoms with Crippen molar-refractivity contribution in [2.45, 2.75) is 26.3 Å². The zero-order valence-corrected chi connectivity index (χ0v) is 16.1. The third-order valence-electron chi connectivity index (χ3n) is 4.47. The van der Waals surface area contributed by atoms with E-state index in [1.165, 1.54) is 21.6 Å². The predicted octanol–water partition coefficient (Wildman–Crippen LogP) is 3.91. The molecule has 0 aliphatic heterocycles. The molecule has 0 spiro atoms. The van der Waals surface area contributed by atoms with E-state index in [2.05, 4.69) is 78.4 Å². The van der Waals surface area contributed by atoms with Crippen molar-refractivity contribution in [2.24, 2.45) is 0 Å². The molecule has 1 atom stereocenters. The molecule has 26 heavy (non-hydrogen) atoms. The summed E-state index contributed by atoms with van der Waals surface area (Å²) in [7, 11) is 0. The highest BCUT2D eigenvalue weighted by Crippen LogP contribution is 2.23. The van der Waals surface area contributed by atoms with Crippen LogP contribution in [0.15, 0.2) is 66.0 Å². The normalized spacial score (nSPS) is 11.9. The van der Waals surface area contributed by atoms with Gasteiger partial charge in [0.2, 0.25) is 0 Å². The lowest BCUT2D eigenvalue weighted by molar-refractivity contribution is -0.675. The van der Waals surface area contributed by atoms with Crippen LogP contribution >= 0.6 is 11.3 Å². The van der Waals surface area contributed by atoms with Crippen LogP contribution in [0.5, 0.6) is 0 Å². The summed E-state index contributed by atoms with van der Waals surface area (Å²) in [4.78, 5) is 13.6. The SMILES string of the molecule is CCc1ccc(NC(=O)C[NH2+][C@H](c2ccc(C)cc2)c2cccs2)cc1. The number of quaternary nitrogens is 1. The molecule has 1 amide bonds. The van der Waals surface area contributed by atoms with Gasteiger partial charge in [0.05, 0.1) is 4.88 Å². The van der Waals surface area contributed by atoms with Crippen molar-refractivity contribution in [3.05, 3.63) is 87.6 Å². The highest BCUT2D eigenvalue weighted by molar-refractivity contribution is 7.10. The second kappa shape index (κ2) is 8.79. The Bertz CT molecular complexity index is 824. The summed E-state index contributed by atoms with van der Waals surface area (Å²) in [5.41, 5.74) is 4.58. The maximum absolute atomic E-state index is 12.4. The Morgan fingerprint density at radius 1 is 1.08 bits per heavy atom. The highest BCUT2D eigenvalue weighted by Gasteiger charge is 2.20. The molecule has 134 valence electrons. The summed E-state index contributed by atoms with van der Waals surface area (Å²) >= 11 is 1.73. The van der Waals surface area contributed by atoms with Gasteiger partial charge in [0.1, 0.15) is 6.04 Å². The van der Waals surface area contributed by atoms with Crippen molar-refractivity contribution in [3.63, 3.8) is 0 Å². The molecular formula is C22H25N2OS+. The number of hydrogen-bond acceptors (Lipinski definition) is 2. The second-order valence-corrected chi connectivity index (χ2v) is 7.42. The molecule has 0 bridgehead atoms. The minimum Gasteiger partial charge on any atom is -0.328 e. The van der Waals surface area contributed by atoms with Gasteiger partial charge in [0, 0.05) is 11.3 Å². The maximum atomic E-state index is 12.4. The third-order valence-corrected chi connectivity index (χ3v) is 5.43. The van der Waals surface area contributed by atoms with E-state index < -0.39 is 0 Å². The van der Waals surface area contributed by atoms with Gasteiger partial charge in [-0.25, -0.2) is 0 Å². The number of benzene rings is 2. The van der Waals surface area contributed by atoms with Crippen LogP contribution in [-0.4, -0.2) is 12.5 Å². The van der Waals surface area contributed by atoms with Crippen LogP contribution in [-0.2, 0) is 11.2 Å². The van der Waals surface area contributed by atoms with E-state index in [0.29, 0.717) is 6.54 Å². The molecule has 0 aliphatic carbocycles. The van der Waals surface area contributed by atoms with Crippen molar-refractivity contribution in [1.29, 1.82) is 0 Å². The summed E-state index contributed by atoms with van der Waals surface area (Å²) in [6, 6.07) is 20.9. The minimum absolute atomic E-state index is 0.0166. The van der Waals surface area contributed by atoms with E-state index in [9.17, 15) is 4.79 Å². The first kappa shape index (κ1) is 18.4. The predicted molar refractivity (Wildman–Crippen MR) is 109 cm³/mol. The monoisotopic (exact) mass is 365 g/mol. The number of hydrogen-bond donors (Lipinski definition) is 2. The average molecular weight is 366 g/mol. The molecule has 4 heteroatoms. The van der Waals surface area contributed by atoms with E-state index in [0.717, 1.165) is 12.1 Å². The van der Waals surface area contributed by atoms with Gasteiger partial charge in [-0.1, -0.05) is 55.0 Å². The zero-order chi connectivity index (χ0) is 18.4. The molecular weight excluding hydrogens is 340 g/mol. The van der Waals surface area contributed by atoms with Crippen LogP contribution in [0.1, 0.15) is 34.5 Å². The number of rotatable bonds is 7. The first-order valence-corrected chi connectivity index (χ1v) is 9.85. The van der Waals surface area contributed by atoms with Crippen LogP contribution in [0.2, 0.25) is 0 Å². The molecule has 0 radical (unpaired) electrons. The van der Waals surface area contributed by atoms with E-state index >= 15 is 0 Å². The number of aryl methyl sites for hydroxylation is 2. The van der Waals surface area contributed by atoms with Gasteiger partial charge in [-0.05, 0) is 42.5 Å². The van der Waals surface area contributed by atoms with Crippen LogP contribution in [0, 0.1) is 6.92 Å². The fourth-order valence-electron chi connectivity index (χ4n) is 2.92. The van der Waals surface area contributed by atoms with Crippen LogP contribution in [0.25, 0.3) is 0 Å². The number of anilines is 1. The average Bonchev–Trinajstić information content (AvgIpc) is 3.18. The van der Waals surface area contributed by atoms with E-state index in [1.807, 2.05) is 12.1 Å². The summed E-state index contributed by atoms with van der Waals surface area (Å²) in [6.45, 7) is 4.59. The van der Waals surface area contributed by atoms with Gasteiger partial charge in [-0.15, -0.1) is 11.3 Å². The molecule has 0 saturated heterocycles. The standard InChI is InChI=1S/C22H24N2OS/c1-3-17-8-12-19(13-9-17)24-21(25)15-23-22(20-5-4-14-26-20)18-10-6-16(2)7-11-18/h4-14,22-23H,3,15H2,1-2H3,(H,24,25)/p+1/t22-/m1/s1. The fraction of sp³-hybridized carbons (Fsp3) is 0.227. The lowest BCUT2D eigenvalue weighted by Crippen LogP contribution is -2.87. The number of carbonyl (C=O) groups excluding carboxylic acids is 1. The molecule has 0 fully saturated rings.